The molecule has 10 heteroatoms. The summed E-state index contributed by atoms with van der Waals surface area (Å²) in [4.78, 5) is 13.2. The molecule has 3 rings (SSSR count). The van der Waals surface area contributed by atoms with E-state index < -0.39 is 32.0 Å². The van der Waals surface area contributed by atoms with Gasteiger partial charge in [-0.1, -0.05) is 56.2 Å². The summed E-state index contributed by atoms with van der Waals surface area (Å²) in [6.07, 6.45) is 2.69. The van der Waals surface area contributed by atoms with Crippen molar-refractivity contribution >= 4 is 26.0 Å². The smallest absolute Gasteiger partial charge is 0.243 e. The topological polar surface area (TPSA) is 104 Å². The number of amides is 1. The van der Waals surface area contributed by atoms with E-state index in [4.69, 9.17) is 0 Å². The van der Waals surface area contributed by atoms with Crippen LogP contribution in [0.5, 0.6) is 0 Å². The highest BCUT2D eigenvalue weighted by molar-refractivity contribution is 7.89. The van der Waals surface area contributed by atoms with Gasteiger partial charge in [0.05, 0.1) is 9.79 Å². The minimum absolute atomic E-state index is 0.0388. The minimum atomic E-state index is -3.97. The summed E-state index contributed by atoms with van der Waals surface area (Å²) in [5.74, 6) is -0.492. The molecule has 1 aliphatic heterocycles. The summed E-state index contributed by atoms with van der Waals surface area (Å²) in [7, 11) is -7.83. The number of nitrogens with zero attached hydrogens (tertiary/aromatic N) is 2. The first-order valence-corrected chi connectivity index (χ1v) is 13.6. The Kier molecular flexibility index (Phi) is 8.05. The number of unbranched alkanes of at least 4 members (excludes halogenated alkanes) is 2. The molecule has 1 amide bonds. The van der Waals surface area contributed by atoms with E-state index in [1.165, 1.54) is 28.6 Å². The maximum Gasteiger partial charge on any atom is 0.243 e. The van der Waals surface area contributed by atoms with E-state index >= 15 is 0 Å². The zero-order chi connectivity index (χ0) is 23.2. The molecule has 1 fully saturated rings. The molecular weight excluding hydrogens is 450 g/mol. The van der Waals surface area contributed by atoms with Crippen molar-refractivity contribution in [3.63, 3.8) is 0 Å². The van der Waals surface area contributed by atoms with Crippen LogP contribution in [0.2, 0.25) is 0 Å². The lowest BCUT2D eigenvalue weighted by atomic mass is 10.2. The first kappa shape index (κ1) is 24.4. The van der Waals surface area contributed by atoms with Gasteiger partial charge in [-0.2, -0.15) is 8.61 Å². The van der Waals surface area contributed by atoms with Gasteiger partial charge in [0.25, 0.3) is 0 Å². The summed E-state index contributed by atoms with van der Waals surface area (Å²) in [6, 6.07) is 14.7. The van der Waals surface area contributed by atoms with Gasteiger partial charge >= 0.3 is 0 Å². The number of benzene rings is 2. The Labute approximate surface area is 190 Å². The van der Waals surface area contributed by atoms with E-state index in [9.17, 15) is 21.6 Å². The third-order valence-corrected chi connectivity index (χ3v) is 9.21. The van der Waals surface area contributed by atoms with Crippen LogP contribution in [0.15, 0.2) is 70.5 Å². The first-order valence-electron chi connectivity index (χ1n) is 10.7. The van der Waals surface area contributed by atoms with E-state index in [0.717, 1.165) is 23.6 Å². The molecule has 1 atom stereocenters. The predicted octanol–water partition coefficient (Wildman–Crippen LogP) is 2.06. The lowest BCUT2D eigenvalue weighted by Crippen LogP contribution is -2.61. The van der Waals surface area contributed by atoms with Crippen LogP contribution in [-0.4, -0.2) is 63.6 Å². The zero-order valence-corrected chi connectivity index (χ0v) is 19.7. The monoisotopic (exact) mass is 479 g/mol. The van der Waals surface area contributed by atoms with Crippen LogP contribution >= 0.6 is 0 Å². The van der Waals surface area contributed by atoms with Gasteiger partial charge in [0.2, 0.25) is 26.0 Å². The quantitative estimate of drug-likeness (QED) is 0.555. The summed E-state index contributed by atoms with van der Waals surface area (Å²) < 4.78 is 55.1. The molecule has 2 aromatic rings. The highest BCUT2D eigenvalue weighted by Gasteiger charge is 2.43. The zero-order valence-electron chi connectivity index (χ0n) is 18.1. The van der Waals surface area contributed by atoms with Gasteiger partial charge in [0.1, 0.15) is 6.04 Å². The Morgan fingerprint density at radius 1 is 0.875 bits per heavy atom. The minimum Gasteiger partial charge on any atom is -0.355 e. The van der Waals surface area contributed by atoms with E-state index in [0.29, 0.717) is 6.54 Å². The van der Waals surface area contributed by atoms with Crippen molar-refractivity contribution in [3.05, 3.63) is 60.7 Å². The number of hydrogen-bond acceptors (Lipinski definition) is 5. The maximum absolute atomic E-state index is 13.3. The average Bonchev–Trinajstić information content (AvgIpc) is 2.82. The number of carbonyl (C=O) groups excluding carboxylic acids is 1. The van der Waals surface area contributed by atoms with Gasteiger partial charge in [-0.3, -0.25) is 4.79 Å². The van der Waals surface area contributed by atoms with Crippen molar-refractivity contribution in [2.24, 2.45) is 0 Å². The second-order valence-electron chi connectivity index (χ2n) is 7.62. The van der Waals surface area contributed by atoms with Crippen molar-refractivity contribution in [1.29, 1.82) is 0 Å². The number of hydrogen-bond donors (Lipinski definition) is 1. The number of carbonyl (C=O) groups is 1. The average molecular weight is 480 g/mol. The Bertz CT molecular complexity index is 1110. The fraction of sp³-hybridized carbons (Fsp3) is 0.409. The van der Waals surface area contributed by atoms with Gasteiger partial charge in [0.15, 0.2) is 0 Å². The largest absolute Gasteiger partial charge is 0.355 e. The van der Waals surface area contributed by atoms with Gasteiger partial charge in [-0.05, 0) is 30.7 Å². The predicted molar refractivity (Wildman–Crippen MR) is 122 cm³/mol. The van der Waals surface area contributed by atoms with Crippen LogP contribution in [0.25, 0.3) is 0 Å². The van der Waals surface area contributed by atoms with Crippen LogP contribution in [0.1, 0.15) is 26.2 Å². The van der Waals surface area contributed by atoms with E-state index in [1.807, 2.05) is 6.92 Å². The molecule has 1 saturated heterocycles. The van der Waals surface area contributed by atoms with Crippen LogP contribution in [-0.2, 0) is 24.8 Å². The Morgan fingerprint density at radius 3 is 2.00 bits per heavy atom. The summed E-state index contributed by atoms with van der Waals surface area (Å²) in [5, 5.41) is 2.79. The fourth-order valence-corrected chi connectivity index (χ4v) is 6.68. The number of rotatable bonds is 9. The van der Waals surface area contributed by atoms with Gasteiger partial charge in [-0.25, -0.2) is 16.8 Å². The van der Waals surface area contributed by atoms with Crippen LogP contribution in [0, 0.1) is 0 Å². The normalized spacial score (nSPS) is 18.3. The molecule has 1 unspecified atom stereocenters. The van der Waals surface area contributed by atoms with Gasteiger partial charge < -0.3 is 5.32 Å². The molecule has 0 bridgehead atoms. The highest BCUT2D eigenvalue weighted by atomic mass is 32.2. The molecule has 0 aliphatic carbocycles. The molecule has 8 nitrogen and oxygen atoms in total. The summed E-state index contributed by atoms with van der Waals surface area (Å²) in [6.45, 7) is 2.05. The molecule has 0 spiro atoms. The first-order chi connectivity index (χ1) is 15.3. The van der Waals surface area contributed by atoms with E-state index in [1.54, 1.807) is 36.4 Å². The molecule has 0 radical (unpaired) electrons. The summed E-state index contributed by atoms with van der Waals surface area (Å²) >= 11 is 0. The van der Waals surface area contributed by atoms with Crippen molar-refractivity contribution in [1.82, 2.24) is 13.9 Å². The van der Waals surface area contributed by atoms with Crippen molar-refractivity contribution in [2.45, 2.75) is 42.0 Å². The van der Waals surface area contributed by atoms with Crippen LogP contribution < -0.4 is 5.32 Å². The Morgan fingerprint density at radius 2 is 1.44 bits per heavy atom. The number of nitrogens with one attached hydrogen (secondary N) is 1. The number of piperazine rings is 1. The molecule has 2 aromatic carbocycles. The number of sulfonamides is 2. The van der Waals surface area contributed by atoms with Crippen LogP contribution in [0.4, 0.5) is 0 Å². The van der Waals surface area contributed by atoms with Crippen molar-refractivity contribution < 1.29 is 21.6 Å². The fourth-order valence-electron chi connectivity index (χ4n) is 3.63. The second-order valence-corrected chi connectivity index (χ2v) is 11.4. The molecule has 174 valence electrons. The highest BCUT2D eigenvalue weighted by Crippen LogP contribution is 2.25. The van der Waals surface area contributed by atoms with Crippen molar-refractivity contribution in [2.75, 3.05) is 26.2 Å². The molecule has 1 N–H and O–H groups in total. The van der Waals surface area contributed by atoms with E-state index in [-0.39, 0.29) is 29.4 Å². The molecule has 1 aliphatic rings. The third kappa shape index (κ3) is 5.37. The Balaban J connectivity index is 1.89. The second kappa shape index (κ2) is 10.6. The molecule has 0 saturated carbocycles. The Hall–Kier alpha value is -2.27. The van der Waals surface area contributed by atoms with Gasteiger partial charge in [-0.15, -0.1) is 0 Å². The molecule has 32 heavy (non-hydrogen) atoms. The molecule has 0 aromatic heterocycles. The van der Waals surface area contributed by atoms with Crippen LogP contribution in [0.3, 0.4) is 0 Å². The third-order valence-electron chi connectivity index (χ3n) is 5.41. The summed E-state index contributed by atoms with van der Waals surface area (Å²) in [5.41, 5.74) is 0. The standard InChI is InChI=1S/C22H29N3O5S2/c1-2-3-10-15-23-22(26)21-18-24(31(27,28)19-11-6-4-7-12-19)16-17-25(21)32(29,30)20-13-8-5-9-14-20/h4-9,11-14,21H,2-3,10,15-18H2,1H3,(H,23,26). The SMILES string of the molecule is CCCCCNC(=O)C1CN(S(=O)(=O)c2ccccc2)CCN1S(=O)(=O)c1ccccc1. The van der Waals surface area contributed by atoms with Crippen molar-refractivity contribution in [3.8, 4) is 0 Å². The lowest BCUT2D eigenvalue weighted by molar-refractivity contribution is -0.125. The van der Waals surface area contributed by atoms with Gasteiger partial charge in [0, 0.05) is 26.2 Å². The lowest BCUT2D eigenvalue weighted by Gasteiger charge is -2.38. The maximum atomic E-state index is 13.3. The van der Waals surface area contributed by atoms with E-state index in [2.05, 4.69) is 5.32 Å². The molecular formula is C22H29N3O5S2. The molecule has 1 heterocycles.